The summed E-state index contributed by atoms with van der Waals surface area (Å²) in [4.78, 5) is 3.20. The first-order valence-electron chi connectivity index (χ1n) is 20.1. The maximum absolute atomic E-state index is 15.0. The molecular weight excluding hydrogens is 707 g/mol. The molecule has 0 atom stereocenters. The standard InChI is InChI=1S/C51H43NO3S/c1-32-26-36-28-33(2)29-37(27-32)51(36)44-20-6-8-23-48(44)56(53,54)49-31-39(24-25-45(49)51)52(46-21-10-13-34-12-3-4-16-40(34)46)38-15-9-14-35(30-38)41-18-11-19-43-42-17-5-7-22-47(42)55-50(41)43/h3-25,30-33,36-37H,26-29H2,1-2H3. The summed E-state index contributed by atoms with van der Waals surface area (Å²) in [6.07, 6.45) is 4.46. The van der Waals surface area contributed by atoms with Crippen molar-refractivity contribution in [3.8, 4) is 11.1 Å². The number of fused-ring (bicyclic) bond motifs is 6. The van der Waals surface area contributed by atoms with Crippen LogP contribution in [-0.4, -0.2) is 8.42 Å². The molecule has 56 heavy (non-hydrogen) atoms. The predicted molar refractivity (Wildman–Crippen MR) is 228 cm³/mol. The van der Waals surface area contributed by atoms with E-state index in [1.54, 1.807) is 0 Å². The van der Waals surface area contributed by atoms with Gasteiger partial charge < -0.3 is 9.32 Å². The van der Waals surface area contributed by atoms with E-state index in [9.17, 15) is 0 Å². The van der Waals surface area contributed by atoms with Gasteiger partial charge in [-0.15, -0.1) is 0 Å². The fourth-order valence-electron chi connectivity index (χ4n) is 11.4. The summed E-state index contributed by atoms with van der Waals surface area (Å²) in [7, 11) is -3.83. The molecule has 0 N–H and O–H groups in total. The molecule has 0 unspecified atom stereocenters. The van der Waals surface area contributed by atoms with Gasteiger partial charge in [0.05, 0.1) is 15.5 Å². The summed E-state index contributed by atoms with van der Waals surface area (Å²) in [6, 6.07) is 52.2. The molecular formula is C51H43NO3S. The number of para-hydroxylation sites is 2. The van der Waals surface area contributed by atoms with Crippen LogP contribution >= 0.6 is 0 Å². The zero-order valence-electron chi connectivity index (χ0n) is 31.7. The van der Waals surface area contributed by atoms with E-state index in [0.717, 1.165) is 97.7 Å². The molecule has 276 valence electrons. The molecule has 8 aromatic rings. The number of anilines is 3. The first-order valence-corrected chi connectivity index (χ1v) is 21.6. The molecule has 4 nitrogen and oxygen atoms in total. The fraction of sp³-hybridized carbons (Fsp3) is 0.216. The Kier molecular flexibility index (Phi) is 7.47. The Morgan fingerprint density at radius 3 is 2.02 bits per heavy atom. The van der Waals surface area contributed by atoms with Crippen molar-refractivity contribution in [2.45, 2.75) is 54.7 Å². The number of rotatable bonds is 4. The smallest absolute Gasteiger partial charge is 0.207 e. The lowest BCUT2D eigenvalue weighted by Crippen LogP contribution is -2.54. The molecule has 0 radical (unpaired) electrons. The van der Waals surface area contributed by atoms with Gasteiger partial charge in [0.1, 0.15) is 11.2 Å². The maximum atomic E-state index is 15.0. The summed E-state index contributed by atoms with van der Waals surface area (Å²) < 4.78 is 36.6. The molecule has 3 aliphatic rings. The van der Waals surface area contributed by atoms with Crippen LogP contribution in [0.15, 0.2) is 166 Å². The summed E-state index contributed by atoms with van der Waals surface area (Å²) in [5, 5.41) is 4.39. The van der Waals surface area contributed by atoms with E-state index in [4.69, 9.17) is 4.42 Å². The van der Waals surface area contributed by atoms with Gasteiger partial charge in [0.2, 0.25) is 9.84 Å². The van der Waals surface area contributed by atoms with Crippen LogP contribution in [0.3, 0.4) is 0 Å². The summed E-state index contributed by atoms with van der Waals surface area (Å²) in [5.74, 6) is 2.01. The quantitative estimate of drug-likeness (QED) is 0.180. The second-order valence-corrected chi connectivity index (χ2v) is 18.6. The second-order valence-electron chi connectivity index (χ2n) is 16.8. The lowest BCUT2D eigenvalue weighted by atomic mass is 9.46. The average Bonchev–Trinajstić information content (AvgIpc) is 3.60. The third-order valence-electron chi connectivity index (χ3n) is 13.4. The SMILES string of the molecule is CC1CC2CC(C)CC(C1)C21c2ccccc2S(=O)(=O)c2cc(N(c3cccc(-c4cccc5c4oc4ccccc45)c3)c3cccc4ccccc34)ccc21. The molecule has 7 aromatic carbocycles. The monoisotopic (exact) mass is 749 g/mol. The summed E-state index contributed by atoms with van der Waals surface area (Å²) in [5.41, 5.74) is 8.19. The minimum atomic E-state index is -3.83. The molecule has 1 aromatic heterocycles. The molecule has 1 spiro atoms. The summed E-state index contributed by atoms with van der Waals surface area (Å²) in [6.45, 7) is 4.78. The van der Waals surface area contributed by atoms with Gasteiger partial charge in [0.25, 0.3) is 0 Å². The van der Waals surface area contributed by atoms with Crippen LogP contribution in [0.1, 0.15) is 50.7 Å². The zero-order valence-corrected chi connectivity index (χ0v) is 32.5. The Morgan fingerprint density at radius 1 is 0.571 bits per heavy atom. The van der Waals surface area contributed by atoms with E-state index >= 15 is 8.42 Å². The first kappa shape index (κ1) is 33.7. The van der Waals surface area contributed by atoms with Gasteiger partial charge in [-0.05, 0) is 114 Å². The number of benzene rings is 7. The molecule has 2 fully saturated rings. The van der Waals surface area contributed by atoms with Gasteiger partial charge in [0, 0.05) is 38.5 Å². The highest BCUT2D eigenvalue weighted by Crippen LogP contribution is 2.64. The van der Waals surface area contributed by atoms with Crippen molar-refractivity contribution in [1.29, 1.82) is 0 Å². The second kappa shape index (κ2) is 12.4. The van der Waals surface area contributed by atoms with Crippen LogP contribution in [0.4, 0.5) is 17.1 Å². The van der Waals surface area contributed by atoms with Crippen LogP contribution < -0.4 is 4.90 Å². The van der Waals surface area contributed by atoms with Crippen molar-refractivity contribution in [3.63, 3.8) is 0 Å². The summed E-state index contributed by atoms with van der Waals surface area (Å²) >= 11 is 0. The topological polar surface area (TPSA) is 50.5 Å². The number of nitrogens with zero attached hydrogens (tertiary/aromatic N) is 1. The van der Waals surface area contributed by atoms with E-state index in [1.165, 1.54) is 0 Å². The van der Waals surface area contributed by atoms with Crippen LogP contribution in [0.25, 0.3) is 43.8 Å². The van der Waals surface area contributed by atoms with Crippen LogP contribution in [-0.2, 0) is 15.3 Å². The van der Waals surface area contributed by atoms with Crippen molar-refractivity contribution in [1.82, 2.24) is 0 Å². The molecule has 11 rings (SSSR count). The molecule has 0 saturated heterocycles. The molecule has 5 heteroatoms. The number of hydrogen-bond donors (Lipinski definition) is 0. The maximum Gasteiger partial charge on any atom is 0.207 e. The largest absolute Gasteiger partial charge is 0.455 e. The Hall–Kier alpha value is -5.65. The van der Waals surface area contributed by atoms with Crippen molar-refractivity contribution >= 4 is 59.6 Å². The van der Waals surface area contributed by atoms with E-state index in [2.05, 4.69) is 128 Å². The van der Waals surface area contributed by atoms with E-state index < -0.39 is 9.84 Å². The third-order valence-corrected chi connectivity index (χ3v) is 15.3. The van der Waals surface area contributed by atoms with Crippen LogP contribution in [0.5, 0.6) is 0 Å². The lowest BCUT2D eigenvalue weighted by molar-refractivity contribution is 0.0231. The Bertz CT molecular complexity index is 2940. The Labute approximate surface area is 328 Å². The van der Waals surface area contributed by atoms with Gasteiger partial charge in [-0.3, -0.25) is 0 Å². The van der Waals surface area contributed by atoms with Crippen molar-refractivity contribution in [2.24, 2.45) is 23.7 Å². The molecule has 2 saturated carbocycles. The van der Waals surface area contributed by atoms with Crippen molar-refractivity contribution in [2.75, 3.05) is 4.90 Å². The van der Waals surface area contributed by atoms with Gasteiger partial charge in [-0.2, -0.15) is 0 Å². The molecule has 2 bridgehead atoms. The minimum Gasteiger partial charge on any atom is -0.455 e. The van der Waals surface area contributed by atoms with Gasteiger partial charge in [-0.1, -0.05) is 123 Å². The van der Waals surface area contributed by atoms with Gasteiger partial charge in [0.15, 0.2) is 0 Å². The van der Waals surface area contributed by atoms with Gasteiger partial charge >= 0.3 is 0 Å². The molecule has 2 aliphatic carbocycles. The van der Waals surface area contributed by atoms with Crippen LogP contribution in [0.2, 0.25) is 0 Å². The first-order chi connectivity index (χ1) is 27.3. The van der Waals surface area contributed by atoms with E-state index in [1.807, 2.05) is 42.5 Å². The average molecular weight is 750 g/mol. The normalized spacial score (nSPS) is 23.6. The van der Waals surface area contributed by atoms with Crippen molar-refractivity contribution in [3.05, 3.63) is 163 Å². The zero-order chi connectivity index (χ0) is 37.8. The molecule has 2 heterocycles. The number of hydrogen-bond acceptors (Lipinski definition) is 4. The highest BCUT2D eigenvalue weighted by Gasteiger charge is 2.59. The number of furan rings is 1. The third kappa shape index (κ3) is 4.80. The van der Waals surface area contributed by atoms with E-state index in [0.29, 0.717) is 33.5 Å². The highest BCUT2D eigenvalue weighted by molar-refractivity contribution is 7.91. The Balaban J connectivity index is 1.15. The van der Waals surface area contributed by atoms with E-state index in [-0.39, 0.29) is 5.41 Å². The van der Waals surface area contributed by atoms with Gasteiger partial charge in [-0.25, -0.2) is 8.42 Å². The molecule has 1 aliphatic heterocycles. The Morgan fingerprint density at radius 2 is 1.20 bits per heavy atom. The minimum absolute atomic E-state index is 0.329. The van der Waals surface area contributed by atoms with Crippen LogP contribution in [0, 0.1) is 23.7 Å². The van der Waals surface area contributed by atoms with Crippen molar-refractivity contribution < 1.29 is 12.8 Å². The fourth-order valence-corrected chi connectivity index (χ4v) is 13.2. The molecule has 0 amide bonds. The number of sulfone groups is 1. The highest BCUT2D eigenvalue weighted by atomic mass is 32.2. The predicted octanol–water partition coefficient (Wildman–Crippen LogP) is 13.4. The lowest BCUT2D eigenvalue weighted by Gasteiger charge is -2.59.